The summed E-state index contributed by atoms with van der Waals surface area (Å²) < 4.78 is 5.61. The standard InChI is InChI=1S/C27H26N2O3/c30-26(28-24-15-17-29(18-16-24)19-21-7-3-1-4-8-21)20-32-25-13-11-23(12-14-25)27(31)22-9-5-2-6-10-22/h2-3,5-14,24H,15-20H2,(H,28,30). The van der Waals surface area contributed by atoms with E-state index in [-0.39, 0.29) is 24.3 Å². The van der Waals surface area contributed by atoms with E-state index >= 15 is 0 Å². The van der Waals surface area contributed by atoms with E-state index in [0.717, 1.165) is 32.5 Å². The van der Waals surface area contributed by atoms with Gasteiger partial charge in [-0.1, -0.05) is 42.5 Å². The van der Waals surface area contributed by atoms with Crippen LogP contribution in [-0.2, 0) is 11.3 Å². The van der Waals surface area contributed by atoms with Crippen molar-refractivity contribution in [1.82, 2.24) is 10.2 Å². The fourth-order valence-electron chi connectivity index (χ4n) is 3.85. The molecule has 162 valence electrons. The molecule has 3 aromatic rings. The molecule has 1 amide bonds. The lowest BCUT2D eigenvalue weighted by atomic mass is 10.0. The number of amides is 1. The van der Waals surface area contributed by atoms with E-state index in [1.165, 1.54) is 5.56 Å². The molecule has 0 spiro atoms. The van der Waals surface area contributed by atoms with Gasteiger partial charge in [-0.05, 0) is 60.9 Å². The number of benzene rings is 2. The molecule has 0 atom stereocenters. The molecule has 1 heterocycles. The minimum Gasteiger partial charge on any atom is -0.484 e. The highest BCUT2D eigenvalue weighted by molar-refractivity contribution is 6.08. The molecular weight excluding hydrogens is 400 g/mol. The van der Waals surface area contributed by atoms with Crippen LogP contribution >= 0.6 is 0 Å². The normalized spacial score (nSPS) is 14.4. The van der Waals surface area contributed by atoms with Crippen LogP contribution in [-0.4, -0.2) is 42.3 Å². The highest BCUT2D eigenvalue weighted by Gasteiger charge is 2.21. The van der Waals surface area contributed by atoms with Gasteiger partial charge in [0.05, 0.1) is 0 Å². The van der Waals surface area contributed by atoms with Gasteiger partial charge < -0.3 is 10.1 Å². The zero-order valence-corrected chi connectivity index (χ0v) is 17.9. The van der Waals surface area contributed by atoms with Crippen molar-refractivity contribution in [1.29, 1.82) is 0 Å². The molecular formula is C27H26N2O3. The topological polar surface area (TPSA) is 58.6 Å². The summed E-state index contributed by atoms with van der Waals surface area (Å²) in [4.78, 5) is 27.2. The second kappa shape index (κ2) is 10.6. The van der Waals surface area contributed by atoms with Gasteiger partial charge in [-0.3, -0.25) is 14.5 Å². The number of nitrogens with one attached hydrogen (secondary N) is 1. The Morgan fingerprint density at radius 1 is 0.938 bits per heavy atom. The fraction of sp³-hybridized carbons (Fsp3) is 0.259. The third-order valence-corrected chi connectivity index (χ3v) is 5.60. The molecule has 0 unspecified atom stereocenters. The van der Waals surface area contributed by atoms with Gasteiger partial charge in [0.2, 0.25) is 0 Å². The van der Waals surface area contributed by atoms with Crippen LogP contribution in [0.1, 0.15) is 34.3 Å². The Balaban J connectivity index is 1.19. The number of rotatable bonds is 8. The third kappa shape index (κ3) is 5.96. The van der Waals surface area contributed by atoms with Crippen LogP contribution in [0.4, 0.5) is 0 Å². The zero-order chi connectivity index (χ0) is 22.2. The molecule has 1 fully saturated rings. The highest BCUT2D eigenvalue weighted by atomic mass is 16.5. The van der Waals surface area contributed by atoms with Crippen LogP contribution in [0.25, 0.3) is 0 Å². The Hall–Kier alpha value is -3.62. The van der Waals surface area contributed by atoms with Crippen LogP contribution in [0.5, 0.6) is 5.75 Å². The van der Waals surface area contributed by atoms with Crippen molar-refractivity contribution in [2.24, 2.45) is 0 Å². The van der Waals surface area contributed by atoms with Crippen molar-refractivity contribution < 1.29 is 14.3 Å². The second-order valence-corrected chi connectivity index (χ2v) is 7.97. The lowest BCUT2D eigenvalue weighted by Gasteiger charge is -2.32. The first-order valence-corrected chi connectivity index (χ1v) is 10.9. The average molecular weight is 427 g/mol. The van der Waals surface area contributed by atoms with Crippen LogP contribution in [0.3, 0.4) is 0 Å². The van der Waals surface area contributed by atoms with Crippen molar-refractivity contribution in [2.75, 3.05) is 19.7 Å². The Bertz CT molecular complexity index is 1010. The molecule has 4 rings (SSSR count). The SMILES string of the molecule is O=C(COc1ccc(C(=O)c2ccccc2)cc1)NC1CCN(Cc2cc#ccc2)CC1. The number of carbonyl (C=O) groups is 2. The number of nitrogens with zero attached hydrogens (tertiary/aromatic N) is 1. The van der Waals surface area contributed by atoms with Gasteiger partial charge in [0.25, 0.3) is 5.91 Å². The number of hydrogen-bond acceptors (Lipinski definition) is 4. The molecule has 5 heteroatoms. The summed E-state index contributed by atoms with van der Waals surface area (Å²) >= 11 is 0. The van der Waals surface area contributed by atoms with Gasteiger partial charge in [-0.2, -0.15) is 0 Å². The molecule has 0 bridgehead atoms. The molecule has 0 radical (unpaired) electrons. The minimum atomic E-state index is -0.124. The maximum Gasteiger partial charge on any atom is 0.258 e. The van der Waals surface area contributed by atoms with Gasteiger partial charge in [0.15, 0.2) is 12.4 Å². The third-order valence-electron chi connectivity index (χ3n) is 5.60. The molecule has 0 saturated carbocycles. The maximum absolute atomic E-state index is 12.5. The van der Waals surface area contributed by atoms with E-state index < -0.39 is 0 Å². The molecule has 5 nitrogen and oxygen atoms in total. The van der Waals surface area contributed by atoms with Gasteiger partial charge in [-0.15, -0.1) is 0 Å². The van der Waals surface area contributed by atoms with E-state index in [9.17, 15) is 9.59 Å². The first kappa shape index (κ1) is 21.6. The number of hydrogen-bond donors (Lipinski definition) is 1. The predicted octanol–water partition coefficient (Wildman–Crippen LogP) is 3.68. The zero-order valence-electron chi connectivity index (χ0n) is 17.9. The number of ether oxygens (including phenoxy) is 1. The van der Waals surface area contributed by atoms with Crippen LogP contribution in [0.15, 0.2) is 72.8 Å². The smallest absolute Gasteiger partial charge is 0.258 e. The summed E-state index contributed by atoms with van der Waals surface area (Å²) in [6, 6.07) is 28.0. The summed E-state index contributed by atoms with van der Waals surface area (Å²) in [5.74, 6) is 0.405. The predicted molar refractivity (Wildman–Crippen MR) is 122 cm³/mol. The van der Waals surface area contributed by atoms with Crippen LogP contribution in [0, 0.1) is 12.1 Å². The first-order valence-electron chi connectivity index (χ1n) is 10.9. The molecule has 0 aromatic heterocycles. The molecule has 32 heavy (non-hydrogen) atoms. The Morgan fingerprint density at radius 2 is 1.66 bits per heavy atom. The molecule has 1 N–H and O–H groups in total. The van der Waals surface area contributed by atoms with Gasteiger partial charge in [0, 0.05) is 36.8 Å². The van der Waals surface area contributed by atoms with Crippen molar-refractivity contribution in [3.05, 3.63) is 102 Å². The van der Waals surface area contributed by atoms with E-state index in [4.69, 9.17) is 4.74 Å². The average Bonchev–Trinajstić information content (AvgIpc) is 2.85. The lowest BCUT2D eigenvalue weighted by Crippen LogP contribution is -2.45. The monoisotopic (exact) mass is 426 g/mol. The summed E-state index contributed by atoms with van der Waals surface area (Å²) in [6.45, 7) is 2.75. The summed E-state index contributed by atoms with van der Waals surface area (Å²) in [7, 11) is 0. The van der Waals surface area contributed by atoms with Crippen LogP contribution < -0.4 is 10.1 Å². The highest BCUT2D eigenvalue weighted by Crippen LogP contribution is 2.16. The van der Waals surface area contributed by atoms with Gasteiger partial charge in [0.1, 0.15) is 5.75 Å². The summed E-state index contributed by atoms with van der Waals surface area (Å²) in [6.07, 6.45) is 1.84. The Morgan fingerprint density at radius 3 is 2.34 bits per heavy atom. The first-order chi connectivity index (χ1) is 15.7. The van der Waals surface area contributed by atoms with Crippen molar-refractivity contribution in [2.45, 2.75) is 25.4 Å². The van der Waals surface area contributed by atoms with E-state index in [2.05, 4.69) is 28.4 Å². The lowest BCUT2D eigenvalue weighted by molar-refractivity contribution is -0.124. The minimum absolute atomic E-state index is 0.0371. The quantitative estimate of drug-likeness (QED) is 0.559. The van der Waals surface area contributed by atoms with E-state index in [0.29, 0.717) is 16.9 Å². The Labute approximate surface area is 189 Å². The van der Waals surface area contributed by atoms with Crippen molar-refractivity contribution in [3.63, 3.8) is 0 Å². The number of likely N-dealkylation sites (tertiary alicyclic amines) is 1. The number of ketones is 1. The molecule has 3 aromatic carbocycles. The molecule has 1 aliphatic heterocycles. The maximum atomic E-state index is 12.5. The second-order valence-electron chi connectivity index (χ2n) is 7.97. The van der Waals surface area contributed by atoms with E-state index in [1.807, 2.05) is 30.3 Å². The fourth-order valence-corrected chi connectivity index (χ4v) is 3.85. The summed E-state index contributed by atoms with van der Waals surface area (Å²) in [5, 5.41) is 3.07. The summed E-state index contributed by atoms with van der Waals surface area (Å²) in [5.41, 5.74) is 2.47. The molecule has 0 aliphatic carbocycles. The number of piperidine rings is 1. The van der Waals surface area contributed by atoms with Crippen LogP contribution in [0.2, 0.25) is 0 Å². The van der Waals surface area contributed by atoms with Gasteiger partial charge in [-0.25, -0.2) is 0 Å². The molecule has 1 saturated heterocycles. The largest absolute Gasteiger partial charge is 0.484 e. The van der Waals surface area contributed by atoms with E-state index in [1.54, 1.807) is 36.4 Å². The number of carbonyl (C=O) groups excluding carboxylic acids is 2. The van der Waals surface area contributed by atoms with Crippen molar-refractivity contribution >= 4 is 11.7 Å². The van der Waals surface area contributed by atoms with Crippen molar-refractivity contribution in [3.8, 4) is 5.75 Å². The molecule has 1 aliphatic rings. The Kier molecular flexibility index (Phi) is 7.16. The van der Waals surface area contributed by atoms with Gasteiger partial charge >= 0.3 is 0 Å².